The summed E-state index contributed by atoms with van der Waals surface area (Å²) in [5.41, 5.74) is 18.9. The number of para-hydroxylation sites is 2. The molecule has 0 atom stereocenters. The van der Waals surface area contributed by atoms with Crippen LogP contribution in [0.25, 0.3) is 49.7 Å². The molecule has 9 rings (SSSR count). The highest BCUT2D eigenvalue weighted by atomic mass is 15.0. The molecule has 0 saturated heterocycles. The fraction of sp³-hybridized carbons (Fsp3) is 0.0909. The van der Waals surface area contributed by atoms with Crippen molar-refractivity contribution in [1.29, 1.82) is 0 Å². The molecule has 1 nitrogen and oxygen atoms in total. The first-order chi connectivity index (χ1) is 16.9. The fourth-order valence-electron chi connectivity index (χ4n) is 7.11. The van der Waals surface area contributed by atoms with Gasteiger partial charge in [-0.25, -0.2) is 0 Å². The van der Waals surface area contributed by atoms with Crippen molar-refractivity contribution < 1.29 is 0 Å². The highest BCUT2D eigenvalue weighted by molar-refractivity contribution is 6.14. The SMILES string of the molecule is c1ccc2c(c1)Cc1ccc3c(c1-2)-c1c(cc2c4ccccc4n4c2c1Cc1ccccc1-4)C3. The first-order valence-corrected chi connectivity index (χ1v) is 12.3. The molecule has 0 radical (unpaired) electrons. The van der Waals surface area contributed by atoms with Crippen molar-refractivity contribution in [3.8, 4) is 27.9 Å². The molecule has 5 aromatic carbocycles. The molecule has 0 unspecified atom stereocenters. The molecular weight excluding hydrogens is 410 g/mol. The van der Waals surface area contributed by atoms with E-state index in [2.05, 4.69) is 95.6 Å². The zero-order valence-corrected chi connectivity index (χ0v) is 18.7. The van der Waals surface area contributed by atoms with Crippen molar-refractivity contribution in [3.63, 3.8) is 0 Å². The minimum Gasteiger partial charge on any atom is -0.309 e. The standard InChI is InChI=1S/C33H21N/c1-3-9-24-19(7-1)15-21-13-14-22-16-23-18-26-25-10-4-6-12-29(25)34-28-11-5-2-8-20(28)17-27(33(26)34)31(23)32(22)30(21)24/h1-14,18H,15-17H2. The summed E-state index contributed by atoms with van der Waals surface area (Å²) >= 11 is 0. The lowest BCUT2D eigenvalue weighted by Crippen LogP contribution is -2.09. The van der Waals surface area contributed by atoms with Crippen LogP contribution in [0.15, 0.2) is 91.0 Å². The van der Waals surface area contributed by atoms with Gasteiger partial charge in [0.1, 0.15) is 0 Å². The quantitative estimate of drug-likeness (QED) is 0.231. The third kappa shape index (κ3) is 1.94. The van der Waals surface area contributed by atoms with Gasteiger partial charge in [-0.05, 0) is 86.7 Å². The van der Waals surface area contributed by atoms with Gasteiger partial charge in [-0.1, -0.05) is 72.8 Å². The predicted octanol–water partition coefficient (Wildman–Crippen LogP) is 7.83. The Bertz CT molecular complexity index is 1880. The molecule has 158 valence electrons. The Labute approximate surface area is 197 Å². The maximum atomic E-state index is 2.54. The number of benzene rings is 5. The van der Waals surface area contributed by atoms with Crippen LogP contribution in [0.5, 0.6) is 0 Å². The largest absolute Gasteiger partial charge is 0.309 e. The summed E-state index contributed by atoms with van der Waals surface area (Å²) in [7, 11) is 0. The highest BCUT2D eigenvalue weighted by Crippen LogP contribution is 2.53. The first-order valence-electron chi connectivity index (χ1n) is 12.3. The molecule has 1 aromatic heterocycles. The molecule has 0 spiro atoms. The molecular formula is C33H21N. The Hall–Kier alpha value is -4.10. The van der Waals surface area contributed by atoms with Gasteiger partial charge in [-0.2, -0.15) is 0 Å². The van der Waals surface area contributed by atoms with Crippen LogP contribution in [0.1, 0.15) is 33.4 Å². The summed E-state index contributed by atoms with van der Waals surface area (Å²) in [6.45, 7) is 0. The lowest BCUT2D eigenvalue weighted by Gasteiger charge is -2.24. The van der Waals surface area contributed by atoms with Gasteiger partial charge in [0.15, 0.2) is 0 Å². The zero-order chi connectivity index (χ0) is 22.0. The van der Waals surface area contributed by atoms with E-state index >= 15 is 0 Å². The molecule has 1 aliphatic heterocycles. The van der Waals surface area contributed by atoms with E-state index in [1.165, 1.54) is 83.1 Å². The van der Waals surface area contributed by atoms with Gasteiger partial charge in [-0.3, -0.25) is 0 Å². The monoisotopic (exact) mass is 431 g/mol. The number of fused-ring (bicyclic) bond motifs is 13. The number of rotatable bonds is 0. The van der Waals surface area contributed by atoms with E-state index in [1.54, 1.807) is 0 Å². The smallest absolute Gasteiger partial charge is 0.0582 e. The summed E-state index contributed by atoms with van der Waals surface area (Å²) in [6.07, 6.45) is 3.08. The molecule has 34 heavy (non-hydrogen) atoms. The van der Waals surface area contributed by atoms with Crippen LogP contribution in [-0.2, 0) is 19.3 Å². The van der Waals surface area contributed by atoms with Crippen molar-refractivity contribution >= 4 is 21.8 Å². The molecule has 0 bridgehead atoms. The average molecular weight is 432 g/mol. The Morgan fingerprint density at radius 3 is 2.18 bits per heavy atom. The van der Waals surface area contributed by atoms with E-state index in [-0.39, 0.29) is 0 Å². The molecule has 2 heterocycles. The molecule has 0 fully saturated rings. The van der Waals surface area contributed by atoms with Gasteiger partial charge in [0.2, 0.25) is 0 Å². The van der Waals surface area contributed by atoms with Gasteiger partial charge in [0, 0.05) is 22.9 Å². The lowest BCUT2D eigenvalue weighted by atomic mass is 9.86. The summed E-state index contributed by atoms with van der Waals surface area (Å²) in [5.74, 6) is 0. The van der Waals surface area contributed by atoms with Gasteiger partial charge in [-0.15, -0.1) is 0 Å². The van der Waals surface area contributed by atoms with Crippen LogP contribution in [0.2, 0.25) is 0 Å². The van der Waals surface area contributed by atoms with Crippen LogP contribution in [0.3, 0.4) is 0 Å². The Balaban J connectivity index is 1.47. The maximum absolute atomic E-state index is 2.54. The van der Waals surface area contributed by atoms with Crippen molar-refractivity contribution in [2.24, 2.45) is 0 Å². The van der Waals surface area contributed by atoms with E-state index in [0.717, 1.165) is 19.3 Å². The zero-order valence-electron chi connectivity index (χ0n) is 18.7. The minimum atomic E-state index is 0.997. The summed E-state index contributed by atoms with van der Waals surface area (Å²) in [4.78, 5) is 0. The molecule has 2 aliphatic carbocycles. The van der Waals surface area contributed by atoms with Crippen molar-refractivity contribution in [1.82, 2.24) is 4.57 Å². The predicted molar refractivity (Wildman–Crippen MR) is 140 cm³/mol. The Kier molecular flexibility index (Phi) is 3.00. The van der Waals surface area contributed by atoms with Gasteiger partial charge in [0.05, 0.1) is 11.0 Å². The number of hydrogen-bond donors (Lipinski definition) is 0. The molecule has 1 heteroatoms. The van der Waals surface area contributed by atoms with Crippen LogP contribution in [0.4, 0.5) is 0 Å². The Morgan fingerprint density at radius 1 is 0.500 bits per heavy atom. The Morgan fingerprint density at radius 2 is 1.24 bits per heavy atom. The minimum absolute atomic E-state index is 0.997. The van der Waals surface area contributed by atoms with Crippen molar-refractivity contribution in [2.75, 3.05) is 0 Å². The molecule has 0 amide bonds. The summed E-state index contributed by atoms with van der Waals surface area (Å²) < 4.78 is 2.54. The van der Waals surface area contributed by atoms with Crippen LogP contribution in [0, 0.1) is 0 Å². The number of hydrogen-bond acceptors (Lipinski definition) is 0. The summed E-state index contributed by atoms with van der Waals surface area (Å²) in [6, 6.07) is 34.2. The second kappa shape index (κ2) is 5.87. The first kappa shape index (κ1) is 17.4. The normalized spacial score (nSPS) is 14.1. The number of aromatic nitrogens is 1. The van der Waals surface area contributed by atoms with E-state index in [4.69, 9.17) is 0 Å². The highest BCUT2D eigenvalue weighted by Gasteiger charge is 2.34. The van der Waals surface area contributed by atoms with Gasteiger partial charge in [0.25, 0.3) is 0 Å². The number of nitrogens with zero attached hydrogens (tertiary/aromatic N) is 1. The van der Waals surface area contributed by atoms with Gasteiger partial charge < -0.3 is 4.57 Å². The third-order valence-corrected chi connectivity index (χ3v) is 8.42. The van der Waals surface area contributed by atoms with Gasteiger partial charge >= 0.3 is 0 Å². The second-order valence-corrected chi connectivity index (χ2v) is 10.1. The molecule has 3 aliphatic rings. The second-order valence-electron chi connectivity index (χ2n) is 10.1. The molecule has 6 aromatic rings. The fourth-order valence-corrected chi connectivity index (χ4v) is 7.11. The maximum Gasteiger partial charge on any atom is 0.0582 e. The van der Waals surface area contributed by atoms with E-state index in [0.29, 0.717) is 0 Å². The van der Waals surface area contributed by atoms with Crippen molar-refractivity contribution in [3.05, 3.63) is 124 Å². The van der Waals surface area contributed by atoms with E-state index in [9.17, 15) is 0 Å². The topological polar surface area (TPSA) is 4.93 Å². The van der Waals surface area contributed by atoms with E-state index in [1.807, 2.05) is 0 Å². The van der Waals surface area contributed by atoms with Crippen molar-refractivity contribution in [2.45, 2.75) is 19.3 Å². The van der Waals surface area contributed by atoms with Crippen LogP contribution in [-0.4, -0.2) is 4.57 Å². The third-order valence-electron chi connectivity index (χ3n) is 8.42. The van der Waals surface area contributed by atoms with Crippen LogP contribution < -0.4 is 0 Å². The van der Waals surface area contributed by atoms with Crippen LogP contribution >= 0.6 is 0 Å². The van der Waals surface area contributed by atoms with E-state index < -0.39 is 0 Å². The molecule has 0 N–H and O–H groups in total. The lowest BCUT2D eigenvalue weighted by molar-refractivity contribution is 1.04. The summed E-state index contributed by atoms with van der Waals surface area (Å²) in [5, 5.41) is 2.77. The average Bonchev–Trinajstić information content (AvgIpc) is 3.54. The molecule has 0 saturated carbocycles.